The minimum absolute atomic E-state index is 0.203. The van der Waals surface area contributed by atoms with E-state index >= 15 is 0 Å². The van der Waals surface area contributed by atoms with E-state index in [0.717, 1.165) is 0 Å². The smallest absolute Gasteiger partial charge is 0.291 e. The summed E-state index contributed by atoms with van der Waals surface area (Å²) < 4.78 is 25.4. The average Bonchev–Trinajstić information content (AvgIpc) is 2.24. The van der Waals surface area contributed by atoms with Gasteiger partial charge in [-0.3, -0.25) is 5.32 Å². The van der Waals surface area contributed by atoms with Crippen LogP contribution in [-0.2, 0) is 10.0 Å². The summed E-state index contributed by atoms with van der Waals surface area (Å²) in [6, 6.07) is 0.642. The highest BCUT2D eigenvalue weighted by Gasteiger charge is 2.22. The van der Waals surface area contributed by atoms with Crippen molar-refractivity contribution in [1.29, 1.82) is 0 Å². The molecular weight excluding hydrogens is 384 g/mol. The molecule has 0 saturated carbocycles. The molecule has 1 aromatic heterocycles. The number of nitrogens with one attached hydrogen (secondary N) is 2. The highest BCUT2D eigenvalue weighted by Crippen LogP contribution is 2.13. The average molecular weight is 400 g/mol. The van der Waals surface area contributed by atoms with Gasteiger partial charge in [0.2, 0.25) is 10.0 Å². The van der Waals surface area contributed by atoms with Crippen molar-refractivity contribution in [3.63, 3.8) is 0 Å². The van der Waals surface area contributed by atoms with Crippen molar-refractivity contribution in [3.8, 4) is 0 Å². The van der Waals surface area contributed by atoms with E-state index in [9.17, 15) is 13.2 Å². The number of halogens is 2. The largest absolute Gasteiger partial charge is 0.334 e. The van der Waals surface area contributed by atoms with Gasteiger partial charge in [-0.2, -0.15) is 0 Å². The van der Waals surface area contributed by atoms with Gasteiger partial charge in [0.1, 0.15) is 11.6 Å². The molecule has 0 aromatic carbocycles. The standard InChI is InChI=1S/C11H16BrClN4O3S/c1-6-4-10(15-8(3)14-6)16-11(18)17-21(19,20)5-9(13)7(2)12/h4,7,9H,5H2,1-3H3,(H2,14,15,16,17,18). The maximum atomic E-state index is 11.8. The Morgan fingerprint density at radius 1 is 1.43 bits per heavy atom. The molecule has 0 saturated heterocycles. The van der Waals surface area contributed by atoms with E-state index in [1.807, 2.05) is 4.72 Å². The molecule has 0 radical (unpaired) electrons. The van der Waals surface area contributed by atoms with Crippen molar-refractivity contribution in [3.05, 3.63) is 17.6 Å². The van der Waals surface area contributed by atoms with E-state index in [1.165, 1.54) is 6.07 Å². The van der Waals surface area contributed by atoms with Crippen LogP contribution in [-0.4, -0.2) is 40.4 Å². The SMILES string of the molecule is Cc1cc(NC(=O)NS(=O)(=O)CC(Cl)C(C)Br)nc(C)n1. The van der Waals surface area contributed by atoms with Crippen molar-refractivity contribution >= 4 is 49.4 Å². The number of carbonyl (C=O) groups excluding carboxylic acids is 1. The summed E-state index contributed by atoms with van der Waals surface area (Å²) in [7, 11) is -3.83. The first-order valence-corrected chi connectivity index (χ1v) is 9.01. The molecule has 0 spiro atoms. The number of hydrogen-bond donors (Lipinski definition) is 2. The molecule has 0 aliphatic carbocycles. The lowest BCUT2D eigenvalue weighted by atomic mass is 10.4. The second kappa shape index (κ2) is 7.37. The van der Waals surface area contributed by atoms with E-state index in [1.54, 1.807) is 20.8 Å². The van der Waals surface area contributed by atoms with Gasteiger partial charge in [-0.15, -0.1) is 11.6 Å². The Hall–Kier alpha value is -0.930. The quantitative estimate of drug-likeness (QED) is 0.737. The normalized spacial score (nSPS) is 14.3. The molecule has 1 heterocycles. The van der Waals surface area contributed by atoms with Crippen LogP contribution >= 0.6 is 27.5 Å². The van der Waals surface area contributed by atoms with Gasteiger partial charge < -0.3 is 0 Å². The molecule has 0 aliphatic heterocycles. The summed E-state index contributed by atoms with van der Waals surface area (Å²) in [4.78, 5) is 19.5. The van der Waals surface area contributed by atoms with Gasteiger partial charge in [-0.05, 0) is 13.8 Å². The summed E-state index contributed by atoms with van der Waals surface area (Å²) in [5, 5.41) is 1.69. The number of carbonyl (C=O) groups is 1. The van der Waals surface area contributed by atoms with Crippen LogP contribution in [0.25, 0.3) is 0 Å². The lowest BCUT2D eigenvalue weighted by molar-refractivity contribution is 0.256. The molecule has 2 atom stereocenters. The molecule has 2 amide bonds. The predicted molar refractivity (Wildman–Crippen MR) is 85.5 cm³/mol. The Morgan fingerprint density at radius 2 is 2.05 bits per heavy atom. The van der Waals surface area contributed by atoms with Crippen LogP contribution in [0.3, 0.4) is 0 Å². The summed E-state index contributed by atoms with van der Waals surface area (Å²) in [6.07, 6.45) is 0. The zero-order valence-electron chi connectivity index (χ0n) is 11.7. The maximum absolute atomic E-state index is 11.8. The van der Waals surface area contributed by atoms with E-state index in [0.29, 0.717) is 11.5 Å². The number of nitrogens with zero attached hydrogens (tertiary/aromatic N) is 2. The second-order valence-electron chi connectivity index (χ2n) is 4.47. The monoisotopic (exact) mass is 398 g/mol. The van der Waals surface area contributed by atoms with Gasteiger partial charge in [0.25, 0.3) is 0 Å². The molecule has 21 heavy (non-hydrogen) atoms. The lowest BCUT2D eigenvalue weighted by Gasteiger charge is -2.13. The third kappa shape index (κ3) is 6.58. The van der Waals surface area contributed by atoms with Crippen molar-refractivity contribution in [2.45, 2.75) is 31.0 Å². The van der Waals surface area contributed by atoms with Crippen molar-refractivity contribution in [2.75, 3.05) is 11.1 Å². The first kappa shape index (κ1) is 18.1. The van der Waals surface area contributed by atoms with E-state index in [2.05, 4.69) is 31.2 Å². The Balaban J connectivity index is 2.68. The molecule has 0 aliphatic rings. The van der Waals surface area contributed by atoms with Gasteiger partial charge in [0.05, 0.1) is 11.1 Å². The first-order valence-electron chi connectivity index (χ1n) is 6.01. The summed E-state index contributed by atoms with van der Waals surface area (Å²) in [6.45, 7) is 5.13. The van der Waals surface area contributed by atoms with E-state index < -0.39 is 21.4 Å². The third-order valence-corrected chi connectivity index (χ3v) is 5.28. The van der Waals surface area contributed by atoms with Gasteiger partial charge in [0, 0.05) is 16.6 Å². The summed E-state index contributed by atoms with van der Waals surface area (Å²) >= 11 is 9.05. The minimum atomic E-state index is -3.83. The van der Waals surface area contributed by atoms with E-state index in [-0.39, 0.29) is 16.4 Å². The Kier molecular flexibility index (Phi) is 6.36. The van der Waals surface area contributed by atoms with Crippen LogP contribution in [0, 0.1) is 13.8 Å². The number of rotatable bonds is 5. The zero-order valence-corrected chi connectivity index (χ0v) is 14.9. The molecule has 118 valence electrons. The number of aromatic nitrogens is 2. The molecule has 1 rings (SSSR count). The second-order valence-corrected chi connectivity index (χ2v) is 8.24. The molecule has 2 unspecified atom stereocenters. The predicted octanol–water partition coefficient (Wildman–Crippen LogP) is 1.94. The summed E-state index contributed by atoms with van der Waals surface area (Å²) in [5.41, 5.74) is 0.662. The molecule has 0 fully saturated rings. The Labute approximate surface area is 137 Å². The minimum Gasteiger partial charge on any atom is -0.291 e. The van der Waals surface area contributed by atoms with Crippen molar-refractivity contribution in [2.24, 2.45) is 0 Å². The number of sulfonamides is 1. The van der Waals surface area contributed by atoms with Crippen molar-refractivity contribution in [1.82, 2.24) is 14.7 Å². The zero-order chi connectivity index (χ0) is 16.2. The first-order chi connectivity index (χ1) is 9.59. The van der Waals surface area contributed by atoms with Gasteiger partial charge in [-0.25, -0.2) is 27.9 Å². The molecule has 1 aromatic rings. The summed E-state index contributed by atoms with van der Waals surface area (Å²) in [5.74, 6) is 0.321. The highest BCUT2D eigenvalue weighted by molar-refractivity contribution is 9.09. The lowest BCUT2D eigenvalue weighted by Crippen LogP contribution is -2.39. The van der Waals surface area contributed by atoms with Gasteiger partial charge >= 0.3 is 6.03 Å². The topological polar surface area (TPSA) is 101 Å². The van der Waals surface area contributed by atoms with Crippen LogP contribution in [0.4, 0.5) is 10.6 Å². The van der Waals surface area contributed by atoms with Crippen LogP contribution in [0.1, 0.15) is 18.4 Å². The van der Waals surface area contributed by atoms with Gasteiger partial charge in [0.15, 0.2) is 0 Å². The van der Waals surface area contributed by atoms with Crippen LogP contribution in [0.2, 0.25) is 0 Å². The van der Waals surface area contributed by atoms with Gasteiger partial charge in [-0.1, -0.05) is 22.9 Å². The molecule has 0 bridgehead atoms. The fourth-order valence-electron chi connectivity index (χ4n) is 1.45. The molecule has 2 N–H and O–H groups in total. The van der Waals surface area contributed by atoms with Crippen LogP contribution < -0.4 is 10.0 Å². The van der Waals surface area contributed by atoms with Crippen LogP contribution in [0.5, 0.6) is 0 Å². The number of anilines is 1. The number of aryl methyl sites for hydroxylation is 2. The molecular formula is C11H16BrClN4O3S. The number of alkyl halides is 2. The fourth-order valence-corrected chi connectivity index (χ4v) is 3.50. The third-order valence-electron chi connectivity index (χ3n) is 2.33. The molecule has 7 nitrogen and oxygen atoms in total. The fraction of sp³-hybridized carbons (Fsp3) is 0.545. The highest BCUT2D eigenvalue weighted by atomic mass is 79.9. The van der Waals surface area contributed by atoms with Crippen LogP contribution in [0.15, 0.2) is 6.07 Å². The number of amides is 2. The molecule has 10 heteroatoms. The number of urea groups is 1. The number of hydrogen-bond acceptors (Lipinski definition) is 5. The van der Waals surface area contributed by atoms with Crippen molar-refractivity contribution < 1.29 is 13.2 Å². The van der Waals surface area contributed by atoms with E-state index in [4.69, 9.17) is 11.6 Å². The Morgan fingerprint density at radius 3 is 2.57 bits per heavy atom. The maximum Gasteiger partial charge on any atom is 0.334 e. The Bertz CT molecular complexity index is 604.